The van der Waals surface area contributed by atoms with Gasteiger partial charge in [0.25, 0.3) is 0 Å². The number of alkyl halides is 3. The normalized spacial score (nSPS) is 11.7. The number of halogens is 4. The number of hydrogen-bond donors (Lipinski definition) is 1. The molecule has 3 nitrogen and oxygen atoms in total. The van der Waals surface area contributed by atoms with E-state index in [2.05, 4.69) is 15.9 Å². The average Bonchev–Trinajstić information content (AvgIpc) is 2.23. The Bertz CT molecular complexity index is 475. The van der Waals surface area contributed by atoms with E-state index in [1.807, 2.05) is 0 Å². The first-order valence-electron chi connectivity index (χ1n) is 5.48. The molecule has 0 atom stereocenters. The molecule has 0 saturated heterocycles. The largest absolute Gasteiger partial charge is 0.478 e. The molecule has 0 aliphatic rings. The molecule has 0 amide bonds. The number of aromatic carboxylic acids is 1. The summed E-state index contributed by atoms with van der Waals surface area (Å²) in [5, 5.41) is 9.06. The lowest BCUT2D eigenvalue weighted by Crippen LogP contribution is -2.40. The molecule has 0 aliphatic heterocycles. The van der Waals surface area contributed by atoms with Crippen LogP contribution in [-0.2, 0) is 0 Å². The molecular formula is C12H13BrF3NO2. The Balaban J connectivity index is 3.29. The topological polar surface area (TPSA) is 40.5 Å². The van der Waals surface area contributed by atoms with Gasteiger partial charge in [0.15, 0.2) is 0 Å². The highest BCUT2D eigenvalue weighted by molar-refractivity contribution is 9.10. The van der Waals surface area contributed by atoms with Crippen LogP contribution in [0.15, 0.2) is 22.7 Å². The van der Waals surface area contributed by atoms with Gasteiger partial charge in [0, 0.05) is 10.5 Å². The van der Waals surface area contributed by atoms with Crippen molar-refractivity contribution >= 4 is 27.6 Å². The molecular weight excluding hydrogens is 327 g/mol. The molecule has 106 valence electrons. The van der Waals surface area contributed by atoms with Crippen LogP contribution in [0.3, 0.4) is 0 Å². The summed E-state index contributed by atoms with van der Waals surface area (Å²) in [6, 6.07) is 3.68. The molecule has 0 heterocycles. The molecule has 0 spiro atoms. The Morgan fingerprint density at radius 1 is 1.42 bits per heavy atom. The first-order chi connectivity index (χ1) is 8.61. The van der Waals surface area contributed by atoms with E-state index >= 15 is 0 Å². The molecule has 0 unspecified atom stereocenters. The molecule has 0 aromatic heterocycles. The van der Waals surface area contributed by atoms with Crippen LogP contribution in [0.5, 0.6) is 0 Å². The number of nitrogens with zero attached hydrogens (tertiary/aromatic N) is 1. The van der Waals surface area contributed by atoms with Gasteiger partial charge in [-0.1, -0.05) is 15.9 Å². The molecule has 0 radical (unpaired) electrons. The summed E-state index contributed by atoms with van der Waals surface area (Å²) in [5.41, 5.74) is -0.102. The predicted octanol–water partition coefficient (Wildman–Crippen LogP) is 3.92. The number of carboxylic acid groups (broad SMARTS) is 1. The van der Waals surface area contributed by atoms with E-state index < -0.39 is 24.7 Å². The van der Waals surface area contributed by atoms with Crippen LogP contribution >= 0.6 is 15.9 Å². The average molecular weight is 340 g/mol. The first kappa shape index (κ1) is 15.8. The summed E-state index contributed by atoms with van der Waals surface area (Å²) in [6.45, 7) is 1.97. The third kappa shape index (κ3) is 4.41. The van der Waals surface area contributed by atoms with Crippen molar-refractivity contribution in [3.63, 3.8) is 0 Å². The van der Waals surface area contributed by atoms with E-state index in [0.717, 1.165) is 4.90 Å². The number of carbonyl (C=O) groups is 1. The second kappa shape index (κ2) is 5.81. The van der Waals surface area contributed by atoms with Crippen molar-refractivity contribution < 1.29 is 23.1 Å². The molecule has 0 bridgehead atoms. The van der Waals surface area contributed by atoms with Crippen LogP contribution in [0.25, 0.3) is 0 Å². The van der Waals surface area contributed by atoms with E-state index in [1.54, 1.807) is 13.8 Å². The minimum Gasteiger partial charge on any atom is -0.478 e. The number of benzene rings is 1. The molecule has 0 fully saturated rings. The van der Waals surface area contributed by atoms with Gasteiger partial charge in [-0.2, -0.15) is 13.2 Å². The Morgan fingerprint density at radius 2 is 2.00 bits per heavy atom. The van der Waals surface area contributed by atoms with E-state index in [1.165, 1.54) is 18.2 Å². The fourth-order valence-electron chi connectivity index (χ4n) is 1.66. The summed E-state index contributed by atoms with van der Waals surface area (Å²) in [6.07, 6.45) is -4.40. The lowest BCUT2D eigenvalue weighted by atomic mass is 10.1. The Hall–Kier alpha value is -1.24. The molecule has 1 rings (SSSR count). The smallest absolute Gasteiger partial charge is 0.405 e. The van der Waals surface area contributed by atoms with Crippen LogP contribution in [0.2, 0.25) is 0 Å². The monoisotopic (exact) mass is 339 g/mol. The zero-order valence-electron chi connectivity index (χ0n) is 10.3. The lowest BCUT2D eigenvalue weighted by molar-refractivity contribution is -0.120. The van der Waals surface area contributed by atoms with Gasteiger partial charge in [0.2, 0.25) is 0 Å². The van der Waals surface area contributed by atoms with Gasteiger partial charge < -0.3 is 10.0 Å². The van der Waals surface area contributed by atoms with E-state index in [0.29, 0.717) is 4.47 Å². The molecule has 7 heteroatoms. The summed E-state index contributed by atoms with van der Waals surface area (Å²) in [4.78, 5) is 12.1. The van der Waals surface area contributed by atoms with Crippen LogP contribution in [0, 0.1) is 0 Å². The van der Waals surface area contributed by atoms with E-state index in [-0.39, 0.29) is 11.3 Å². The van der Waals surface area contributed by atoms with Crippen molar-refractivity contribution in [3.05, 3.63) is 28.2 Å². The fourth-order valence-corrected chi connectivity index (χ4v) is 2.01. The molecule has 1 aromatic rings. The van der Waals surface area contributed by atoms with Gasteiger partial charge in [-0.3, -0.25) is 0 Å². The Kier molecular flexibility index (Phi) is 4.84. The van der Waals surface area contributed by atoms with Crippen molar-refractivity contribution in [3.8, 4) is 0 Å². The minimum absolute atomic E-state index is 0.0502. The molecule has 19 heavy (non-hydrogen) atoms. The maximum Gasteiger partial charge on any atom is 0.405 e. The molecule has 0 saturated carbocycles. The van der Waals surface area contributed by atoms with Crippen LogP contribution in [0.4, 0.5) is 18.9 Å². The fraction of sp³-hybridized carbons (Fsp3) is 0.417. The highest BCUT2D eigenvalue weighted by Crippen LogP contribution is 2.30. The number of carboxylic acids is 1. The zero-order chi connectivity index (χ0) is 14.8. The number of rotatable bonds is 4. The standard InChI is InChI=1S/C12H13BrF3NO2/c1-7(2)17(6-12(14,15)16)10-5-8(13)3-4-9(10)11(18)19/h3-5,7H,6H2,1-2H3,(H,18,19). The second-order valence-corrected chi connectivity index (χ2v) is 5.22. The van der Waals surface area contributed by atoms with E-state index in [4.69, 9.17) is 5.11 Å². The van der Waals surface area contributed by atoms with Crippen molar-refractivity contribution in [1.82, 2.24) is 0 Å². The van der Waals surface area contributed by atoms with Crippen molar-refractivity contribution in [2.75, 3.05) is 11.4 Å². The van der Waals surface area contributed by atoms with Crippen LogP contribution in [0.1, 0.15) is 24.2 Å². The third-order valence-electron chi connectivity index (χ3n) is 2.47. The zero-order valence-corrected chi connectivity index (χ0v) is 11.9. The van der Waals surface area contributed by atoms with Crippen molar-refractivity contribution in [2.24, 2.45) is 0 Å². The SMILES string of the molecule is CC(C)N(CC(F)(F)F)c1cc(Br)ccc1C(=O)O. The van der Waals surface area contributed by atoms with Gasteiger partial charge in [-0.25, -0.2) is 4.79 Å². The van der Waals surface area contributed by atoms with Gasteiger partial charge in [0.1, 0.15) is 6.54 Å². The maximum absolute atomic E-state index is 12.6. The predicted molar refractivity (Wildman–Crippen MR) is 69.6 cm³/mol. The van der Waals surface area contributed by atoms with Crippen molar-refractivity contribution in [2.45, 2.75) is 26.1 Å². The third-order valence-corrected chi connectivity index (χ3v) is 2.97. The van der Waals surface area contributed by atoms with E-state index in [9.17, 15) is 18.0 Å². The summed E-state index contributed by atoms with van der Waals surface area (Å²) in [5.74, 6) is -1.25. The van der Waals surface area contributed by atoms with Crippen molar-refractivity contribution in [1.29, 1.82) is 0 Å². The number of hydrogen-bond acceptors (Lipinski definition) is 2. The van der Waals surface area contributed by atoms with Crippen LogP contribution < -0.4 is 4.90 Å². The quantitative estimate of drug-likeness (QED) is 0.903. The summed E-state index contributed by atoms with van der Waals surface area (Å²) in [7, 11) is 0. The van der Waals surface area contributed by atoms with Gasteiger partial charge >= 0.3 is 12.1 Å². The maximum atomic E-state index is 12.6. The second-order valence-electron chi connectivity index (χ2n) is 4.30. The Labute approximate surface area is 117 Å². The molecule has 0 aliphatic carbocycles. The molecule has 1 aromatic carbocycles. The summed E-state index contributed by atoms with van der Waals surface area (Å²) < 4.78 is 38.3. The highest BCUT2D eigenvalue weighted by Gasteiger charge is 2.33. The lowest BCUT2D eigenvalue weighted by Gasteiger charge is -2.31. The van der Waals surface area contributed by atoms with Gasteiger partial charge in [-0.05, 0) is 32.0 Å². The summed E-state index contributed by atoms with van der Waals surface area (Å²) >= 11 is 3.14. The van der Waals surface area contributed by atoms with Gasteiger partial charge in [-0.15, -0.1) is 0 Å². The minimum atomic E-state index is -4.40. The highest BCUT2D eigenvalue weighted by atomic mass is 79.9. The Morgan fingerprint density at radius 3 is 2.42 bits per heavy atom. The van der Waals surface area contributed by atoms with Gasteiger partial charge in [0.05, 0.1) is 11.3 Å². The molecule has 1 N–H and O–H groups in total. The number of anilines is 1. The first-order valence-corrected chi connectivity index (χ1v) is 6.27. The van der Waals surface area contributed by atoms with Crippen LogP contribution in [-0.4, -0.2) is 29.8 Å².